The second-order valence-corrected chi connectivity index (χ2v) is 9.89. The van der Waals surface area contributed by atoms with Gasteiger partial charge in [-0.05, 0) is 58.3 Å². The van der Waals surface area contributed by atoms with Crippen LogP contribution in [0, 0.1) is 0 Å². The second kappa shape index (κ2) is 7.99. The molecule has 0 radical (unpaired) electrons. The van der Waals surface area contributed by atoms with Gasteiger partial charge in [0.1, 0.15) is 6.23 Å². The van der Waals surface area contributed by atoms with Gasteiger partial charge in [0.2, 0.25) is 5.91 Å². The normalized spacial score (nSPS) is 25.4. The van der Waals surface area contributed by atoms with Crippen molar-refractivity contribution in [2.75, 3.05) is 39.8 Å². The molecule has 3 aliphatic rings. The zero-order chi connectivity index (χ0) is 20.8. The smallest absolute Gasteiger partial charge is 0.240 e. The highest BCUT2D eigenvalue weighted by molar-refractivity contribution is 5.82. The summed E-state index contributed by atoms with van der Waals surface area (Å²) >= 11 is 0. The zero-order valence-corrected chi connectivity index (χ0v) is 18.4. The van der Waals surface area contributed by atoms with E-state index in [1.807, 2.05) is 11.9 Å². The topological polar surface area (TPSA) is 50.3 Å². The lowest BCUT2D eigenvalue weighted by atomic mass is 10.0. The van der Waals surface area contributed by atoms with Crippen LogP contribution >= 0.6 is 0 Å². The van der Waals surface area contributed by atoms with Crippen LogP contribution in [0.5, 0.6) is 0 Å². The summed E-state index contributed by atoms with van der Waals surface area (Å²) in [4.78, 5) is 21.6. The van der Waals surface area contributed by atoms with Crippen LogP contribution in [-0.4, -0.2) is 82.0 Å². The molecule has 1 amide bonds. The monoisotopic (exact) mass is 400 g/mol. The third-order valence-electron chi connectivity index (χ3n) is 7.02. The van der Waals surface area contributed by atoms with E-state index in [2.05, 4.69) is 53.7 Å². The second-order valence-electron chi connectivity index (χ2n) is 9.89. The predicted molar refractivity (Wildman–Crippen MR) is 114 cm³/mol. The minimum absolute atomic E-state index is 0.0484. The Bertz CT molecular complexity index is 752. The molecule has 0 aliphatic carbocycles. The van der Waals surface area contributed by atoms with E-state index in [9.17, 15) is 9.90 Å². The van der Waals surface area contributed by atoms with Crippen molar-refractivity contribution in [2.45, 2.75) is 64.5 Å². The first-order chi connectivity index (χ1) is 13.8. The molecule has 4 rings (SSSR count). The fourth-order valence-corrected chi connectivity index (χ4v) is 4.98. The molecule has 1 N–H and O–H groups in total. The Morgan fingerprint density at radius 1 is 1.10 bits per heavy atom. The van der Waals surface area contributed by atoms with Crippen molar-refractivity contribution in [3.05, 3.63) is 34.9 Å². The van der Waals surface area contributed by atoms with Gasteiger partial charge in [0.05, 0.1) is 6.04 Å². The van der Waals surface area contributed by atoms with Crippen LogP contribution in [0.15, 0.2) is 18.2 Å². The van der Waals surface area contributed by atoms with Gasteiger partial charge in [0.15, 0.2) is 0 Å². The van der Waals surface area contributed by atoms with Gasteiger partial charge in [0.25, 0.3) is 0 Å². The Morgan fingerprint density at radius 2 is 1.83 bits per heavy atom. The number of rotatable bonds is 3. The van der Waals surface area contributed by atoms with E-state index >= 15 is 0 Å². The molecule has 6 nitrogen and oxygen atoms in total. The third-order valence-corrected chi connectivity index (χ3v) is 7.02. The Balaban J connectivity index is 1.41. The standard InChI is InChI=1S/C23H36N4O2/c1-23(2,3)27-15-17-7-5-8-18(19(17)16-27)21(28)25-11-13-26(14-12-25)22(29)20-9-6-10-24(20)4/h5,7-8,20-21,28H,6,9-16H2,1-4H3. The molecule has 2 fully saturated rings. The Morgan fingerprint density at radius 3 is 2.45 bits per heavy atom. The van der Waals surface area contributed by atoms with Crippen LogP contribution in [-0.2, 0) is 17.9 Å². The first-order valence-electron chi connectivity index (χ1n) is 11.0. The lowest BCUT2D eigenvalue weighted by Gasteiger charge is -2.39. The molecule has 1 aromatic carbocycles. The van der Waals surface area contributed by atoms with Gasteiger partial charge in [-0.2, -0.15) is 0 Å². The molecule has 29 heavy (non-hydrogen) atoms. The maximum atomic E-state index is 12.8. The van der Waals surface area contributed by atoms with Gasteiger partial charge in [-0.25, -0.2) is 0 Å². The summed E-state index contributed by atoms with van der Waals surface area (Å²) in [6.07, 6.45) is 1.48. The number of aliphatic hydroxyl groups is 1. The molecular weight excluding hydrogens is 364 g/mol. The van der Waals surface area contributed by atoms with Crippen molar-refractivity contribution >= 4 is 5.91 Å². The molecule has 0 bridgehead atoms. The first kappa shape index (κ1) is 20.8. The van der Waals surface area contributed by atoms with E-state index in [0.29, 0.717) is 13.1 Å². The predicted octanol–water partition coefficient (Wildman–Crippen LogP) is 2.03. The number of nitrogens with zero attached hydrogens (tertiary/aromatic N) is 4. The number of benzene rings is 1. The van der Waals surface area contributed by atoms with E-state index in [1.54, 1.807) is 0 Å². The number of hydrogen-bond acceptors (Lipinski definition) is 5. The SMILES string of the molecule is CN1CCCC1C(=O)N1CCN(C(O)c2cccc3c2CN(C(C)(C)C)C3)CC1. The maximum absolute atomic E-state index is 12.8. The number of hydrogen-bond donors (Lipinski definition) is 1. The summed E-state index contributed by atoms with van der Waals surface area (Å²) < 4.78 is 0. The van der Waals surface area contributed by atoms with E-state index < -0.39 is 6.23 Å². The molecule has 0 spiro atoms. The van der Waals surface area contributed by atoms with Gasteiger partial charge in [-0.1, -0.05) is 18.2 Å². The fourth-order valence-electron chi connectivity index (χ4n) is 4.98. The van der Waals surface area contributed by atoms with E-state index in [-0.39, 0.29) is 17.5 Å². The van der Waals surface area contributed by atoms with Crippen molar-refractivity contribution in [2.24, 2.45) is 0 Å². The highest BCUT2D eigenvalue weighted by atomic mass is 16.3. The summed E-state index contributed by atoms with van der Waals surface area (Å²) in [5.74, 6) is 0.264. The molecular formula is C23H36N4O2. The molecule has 1 aromatic rings. The van der Waals surface area contributed by atoms with Gasteiger partial charge < -0.3 is 10.0 Å². The van der Waals surface area contributed by atoms with E-state index in [0.717, 1.165) is 51.1 Å². The average Bonchev–Trinajstić information content (AvgIpc) is 3.32. The molecule has 2 unspecified atom stereocenters. The Hall–Kier alpha value is -1.47. The van der Waals surface area contributed by atoms with E-state index in [4.69, 9.17) is 0 Å². The van der Waals surface area contributed by atoms with Crippen molar-refractivity contribution < 1.29 is 9.90 Å². The van der Waals surface area contributed by atoms with Crippen molar-refractivity contribution in [1.82, 2.24) is 19.6 Å². The van der Waals surface area contributed by atoms with Crippen LogP contribution in [0.3, 0.4) is 0 Å². The largest absolute Gasteiger partial charge is 0.374 e. The molecule has 3 aliphatic heterocycles. The number of likely N-dealkylation sites (tertiary alicyclic amines) is 1. The number of aliphatic hydroxyl groups excluding tert-OH is 1. The summed E-state index contributed by atoms with van der Waals surface area (Å²) in [5, 5.41) is 11.2. The summed E-state index contributed by atoms with van der Waals surface area (Å²) in [5.41, 5.74) is 3.75. The van der Waals surface area contributed by atoms with Crippen molar-refractivity contribution in [3.63, 3.8) is 0 Å². The first-order valence-corrected chi connectivity index (χ1v) is 11.0. The van der Waals surface area contributed by atoms with Gasteiger partial charge in [-0.15, -0.1) is 0 Å². The average molecular weight is 401 g/mol. The molecule has 160 valence electrons. The maximum Gasteiger partial charge on any atom is 0.240 e. The number of likely N-dealkylation sites (N-methyl/N-ethyl adjacent to an activating group) is 1. The quantitative estimate of drug-likeness (QED) is 0.841. The Labute approximate surface area is 175 Å². The minimum atomic E-state index is -0.601. The molecule has 2 atom stereocenters. The third kappa shape index (κ3) is 4.08. The molecule has 6 heteroatoms. The van der Waals surface area contributed by atoms with Crippen LogP contribution in [0.4, 0.5) is 0 Å². The van der Waals surface area contributed by atoms with Crippen LogP contribution < -0.4 is 0 Å². The van der Waals surface area contributed by atoms with Crippen LogP contribution in [0.1, 0.15) is 56.5 Å². The molecule has 3 heterocycles. The summed E-state index contributed by atoms with van der Waals surface area (Å²) in [7, 11) is 2.05. The zero-order valence-electron chi connectivity index (χ0n) is 18.4. The molecule has 0 aromatic heterocycles. The van der Waals surface area contributed by atoms with Gasteiger partial charge in [0, 0.05) is 50.4 Å². The van der Waals surface area contributed by atoms with Gasteiger partial charge in [-0.3, -0.25) is 19.5 Å². The van der Waals surface area contributed by atoms with E-state index in [1.165, 1.54) is 11.1 Å². The Kier molecular flexibility index (Phi) is 5.73. The lowest BCUT2D eigenvalue weighted by Crippen LogP contribution is -2.53. The number of piperazine rings is 1. The number of carbonyl (C=O) groups is 1. The fraction of sp³-hybridized carbons (Fsp3) is 0.696. The van der Waals surface area contributed by atoms with Crippen molar-refractivity contribution in [3.8, 4) is 0 Å². The van der Waals surface area contributed by atoms with Crippen molar-refractivity contribution in [1.29, 1.82) is 0 Å². The summed E-state index contributed by atoms with van der Waals surface area (Å²) in [6, 6.07) is 6.37. The van der Waals surface area contributed by atoms with Gasteiger partial charge >= 0.3 is 0 Å². The highest BCUT2D eigenvalue weighted by Gasteiger charge is 2.35. The molecule has 2 saturated heterocycles. The van der Waals surface area contributed by atoms with Crippen LogP contribution in [0.25, 0.3) is 0 Å². The summed E-state index contributed by atoms with van der Waals surface area (Å²) in [6.45, 7) is 12.4. The highest BCUT2D eigenvalue weighted by Crippen LogP contribution is 2.34. The lowest BCUT2D eigenvalue weighted by molar-refractivity contribution is -0.139. The number of fused-ring (bicyclic) bond motifs is 1. The van der Waals surface area contributed by atoms with Crippen LogP contribution in [0.2, 0.25) is 0 Å². The number of amides is 1. The number of carbonyl (C=O) groups excluding carboxylic acids is 1. The minimum Gasteiger partial charge on any atom is -0.374 e. The molecule has 0 saturated carbocycles.